The maximum absolute atomic E-state index is 12.5. The molecule has 0 unspecified atom stereocenters. The van der Waals surface area contributed by atoms with Gasteiger partial charge in [0.2, 0.25) is 0 Å². The zero-order chi connectivity index (χ0) is 17.0. The Hall–Kier alpha value is -1.88. The Kier molecular flexibility index (Phi) is 5.77. The fourth-order valence-corrected chi connectivity index (χ4v) is 2.75. The van der Waals surface area contributed by atoms with Gasteiger partial charge in [0, 0.05) is 5.70 Å². The van der Waals surface area contributed by atoms with E-state index >= 15 is 0 Å². The van der Waals surface area contributed by atoms with Crippen LogP contribution in [0.1, 0.15) is 44.9 Å². The van der Waals surface area contributed by atoms with Gasteiger partial charge in [0.25, 0.3) is 0 Å². The van der Waals surface area contributed by atoms with E-state index in [9.17, 15) is 4.79 Å². The van der Waals surface area contributed by atoms with Crippen molar-refractivity contribution in [3.63, 3.8) is 0 Å². The largest absolute Gasteiger partial charge is 0.462 e. The fourth-order valence-electron chi connectivity index (χ4n) is 2.48. The van der Waals surface area contributed by atoms with Crippen molar-refractivity contribution < 1.29 is 9.53 Å². The minimum atomic E-state index is -0.303. The number of ether oxygens (including phenoxy) is 1. The predicted octanol–water partition coefficient (Wildman–Crippen LogP) is 3.24. The van der Waals surface area contributed by atoms with Crippen LogP contribution in [0, 0.1) is 5.92 Å². The van der Waals surface area contributed by atoms with Crippen molar-refractivity contribution in [1.82, 2.24) is 10.6 Å². The summed E-state index contributed by atoms with van der Waals surface area (Å²) in [5, 5.41) is 6.72. The lowest BCUT2D eigenvalue weighted by molar-refractivity contribution is -0.140. The lowest BCUT2D eigenvalue weighted by atomic mass is 9.94. The molecule has 0 saturated heterocycles. The van der Waals surface area contributed by atoms with E-state index in [1.165, 1.54) is 5.56 Å². The Morgan fingerprint density at radius 2 is 1.96 bits per heavy atom. The third-order valence-electron chi connectivity index (χ3n) is 3.76. The summed E-state index contributed by atoms with van der Waals surface area (Å²) in [5.41, 5.74) is 3.59. The molecule has 4 nitrogen and oxygen atoms in total. The molecule has 5 heteroatoms. The van der Waals surface area contributed by atoms with E-state index in [0.717, 1.165) is 17.7 Å². The molecule has 0 amide bonds. The highest BCUT2D eigenvalue weighted by Crippen LogP contribution is 2.28. The maximum atomic E-state index is 12.5. The summed E-state index contributed by atoms with van der Waals surface area (Å²) in [6.07, 6.45) is 0.983. The summed E-state index contributed by atoms with van der Waals surface area (Å²) in [7, 11) is 0. The summed E-state index contributed by atoms with van der Waals surface area (Å²) < 4.78 is 5.43. The minimum Gasteiger partial charge on any atom is -0.462 e. The van der Waals surface area contributed by atoms with E-state index in [1.807, 2.05) is 32.9 Å². The number of benzene rings is 1. The number of rotatable bonds is 5. The standard InChI is InChI=1S/C18H24N2O2S/c1-5-13-6-8-14(9-7-13)16-15(12(4)19-18(23)20-16)17(21)22-10-11(2)3/h6-9,11,16H,5,10H2,1-4H3,(H2,19,20,23)/t16-/m1/s1. The van der Waals surface area contributed by atoms with Crippen molar-refractivity contribution in [2.24, 2.45) is 5.92 Å². The third kappa shape index (κ3) is 4.32. The number of allylic oxidation sites excluding steroid dienone is 1. The normalized spacial score (nSPS) is 17.8. The molecular weight excluding hydrogens is 308 g/mol. The molecule has 124 valence electrons. The predicted molar refractivity (Wildman–Crippen MR) is 95.9 cm³/mol. The molecule has 1 aliphatic heterocycles. The molecule has 2 N–H and O–H groups in total. The van der Waals surface area contributed by atoms with E-state index in [0.29, 0.717) is 23.2 Å². The maximum Gasteiger partial charge on any atom is 0.338 e. The van der Waals surface area contributed by atoms with Crippen molar-refractivity contribution >= 4 is 23.3 Å². The Morgan fingerprint density at radius 3 is 2.52 bits per heavy atom. The number of hydrogen-bond donors (Lipinski definition) is 2. The lowest BCUT2D eigenvalue weighted by Crippen LogP contribution is -2.45. The van der Waals surface area contributed by atoms with Gasteiger partial charge in [0.05, 0.1) is 18.2 Å². The average Bonchev–Trinajstić information content (AvgIpc) is 2.52. The number of thiocarbonyl (C=S) groups is 1. The summed E-state index contributed by atoms with van der Waals surface area (Å²) in [6, 6.07) is 7.94. The number of carbonyl (C=O) groups excluding carboxylic acids is 1. The number of nitrogens with one attached hydrogen (secondary N) is 2. The second kappa shape index (κ2) is 7.59. The van der Waals surface area contributed by atoms with Gasteiger partial charge in [-0.2, -0.15) is 0 Å². The van der Waals surface area contributed by atoms with Crippen LogP contribution in [-0.4, -0.2) is 17.7 Å². The van der Waals surface area contributed by atoms with Crippen molar-refractivity contribution in [1.29, 1.82) is 0 Å². The average molecular weight is 332 g/mol. The molecule has 0 fully saturated rings. The highest BCUT2D eigenvalue weighted by Gasteiger charge is 2.30. The Labute approximate surface area is 143 Å². The molecule has 0 aliphatic carbocycles. The van der Waals surface area contributed by atoms with E-state index in [1.54, 1.807) is 0 Å². The van der Waals surface area contributed by atoms with Crippen LogP contribution in [-0.2, 0) is 16.0 Å². The van der Waals surface area contributed by atoms with Gasteiger partial charge in [-0.05, 0) is 42.6 Å². The van der Waals surface area contributed by atoms with Crippen LogP contribution in [0.4, 0.5) is 0 Å². The van der Waals surface area contributed by atoms with Gasteiger partial charge in [-0.3, -0.25) is 0 Å². The van der Waals surface area contributed by atoms with E-state index in [-0.39, 0.29) is 12.0 Å². The van der Waals surface area contributed by atoms with Crippen molar-refractivity contribution in [3.8, 4) is 0 Å². The fraction of sp³-hybridized carbons (Fsp3) is 0.444. The molecule has 1 heterocycles. The number of hydrogen-bond acceptors (Lipinski definition) is 3. The van der Waals surface area contributed by atoms with E-state index < -0.39 is 0 Å². The van der Waals surface area contributed by atoms with Crippen molar-refractivity contribution in [3.05, 3.63) is 46.7 Å². The number of carbonyl (C=O) groups is 1. The van der Waals surface area contributed by atoms with Crippen LogP contribution in [0.2, 0.25) is 0 Å². The van der Waals surface area contributed by atoms with Crippen LogP contribution in [0.25, 0.3) is 0 Å². The molecule has 23 heavy (non-hydrogen) atoms. The van der Waals surface area contributed by atoms with Gasteiger partial charge in [-0.1, -0.05) is 45.0 Å². The molecule has 1 aliphatic rings. The summed E-state index contributed by atoms with van der Waals surface area (Å²) in [5.74, 6) is -0.00371. The highest BCUT2D eigenvalue weighted by atomic mass is 32.1. The number of esters is 1. The quantitative estimate of drug-likeness (QED) is 0.640. The van der Waals surface area contributed by atoms with E-state index in [2.05, 4.69) is 29.7 Å². The zero-order valence-corrected chi connectivity index (χ0v) is 14.9. The monoisotopic (exact) mass is 332 g/mol. The second-order valence-corrected chi connectivity index (χ2v) is 6.57. The van der Waals surface area contributed by atoms with Gasteiger partial charge < -0.3 is 15.4 Å². The summed E-state index contributed by atoms with van der Waals surface area (Å²) in [4.78, 5) is 12.5. The smallest absolute Gasteiger partial charge is 0.338 e. The molecule has 0 saturated carbocycles. The van der Waals surface area contributed by atoms with E-state index in [4.69, 9.17) is 17.0 Å². The Morgan fingerprint density at radius 1 is 1.30 bits per heavy atom. The first-order valence-corrected chi connectivity index (χ1v) is 8.37. The zero-order valence-electron chi connectivity index (χ0n) is 14.1. The Balaban J connectivity index is 2.31. The highest BCUT2D eigenvalue weighted by molar-refractivity contribution is 7.80. The second-order valence-electron chi connectivity index (χ2n) is 6.16. The molecule has 2 rings (SSSR count). The van der Waals surface area contributed by atoms with Crippen LogP contribution >= 0.6 is 12.2 Å². The lowest BCUT2D eigenvalue weighted by Gasteiger charge is -2.30. The summed E-state index contributed by atoms with van der Waals surface area (Å²) >= 11 is 5.25. The number of aryl methyl sites for hydroxylation is 1. The first kappa shape index (κ1) is 17.5. The molecule has 0 bridgehead atoms. The van der Waals surface area contributed by atoms with Crippen LogP contribution < -0.4 is 10.6 Å². The first-order chi connectivity index (χ1) is 10.9. The molecule has 0 spiro atoms. The third-order valence-corrected chi connectivity index (χ3v) is 3.98. The van der Waals surface area contributed by atoms with Gasteiger partial charge in [0.15, 0.2) is 5.11 Å². The molecular formula is C18H24N2O2S. The molecule has 1 aromatic carbocycles. The van der Waals surface area contributed by atoms with Crippen LogP contribution in [0.5, 0.6) is 0 Å². The van der Waals surface area contributed by atoms with Gasteiger partial charge in [-0.15, -0.1) is 0 Å². The minimum absolute atomic E-state index is 0.283. The topological polar surface area (TPSA) is 50.4 Å². The first-order valence-electron chi connectivity index (χ1n) is 7.96. The molecule has 1 aromatic rings. The van der Waals surface area contributed by atoms with Crippen molar-refractivity contribution in [2.75, 3.05) is 6.61 Å². The summed E-state index contributed by atoms with van der Waals surface area (Å²) in [6.45, 7) is 8.41. The van der Waals surface area contributed by atoms with Gasteiger partial charge in [0.1, 0.15) is 0 Å². The molecule has 0 aromatic heterocycles. The van der Waals surface area contributed by atoms with Gasteiger partial charge >= 0.3 is 5.97 Å². The molecule has 1 atom stereocenters. The molecule has 0 radical (unpaired) electrons. The van der Waals surface area contributed by atoms with Crippen LogP contribution in [0.3, 0.4) is 0 Å². The van der Waals surface area contributed by atoms with Crippen LogP contribution in [0.15, 0.2) is 35.5 Å². The van der Waals surface area contributed by atoms with Gasteiger partial charge in [-0.25, -0.2) is 4.79 Å². The Bertz CT molecular complexity index is 620. The van der Waals surface area contributed by atoms with Crippen molar-refractivity contribution in [2.45, 2.75) is 40.2 Å². The SMILES string of the molecule is CCc1ccc([C@H]2NC(=S)NC(C)=C2C(=O)OCC(C)C)cc1.